The summed E-state index contributed by atoms with van der Waals surface area (Å²) in [5.41, 5.74) is 3.74. The summed E-state index contributed by atoms with van der Waals surface area (Å²) < 4.78 is 0. The lowest BCUT2D eigenvalue weighted by Crippen LogP contribution is -2.13. The molecule has 5 nitrogen and oxygen atoms in total. The van der Waals surface area contributed by atoms with Gasteiger partial charge in [-0.3, -0.25) is 4.98 Å². The number of rotatable bonds is 5. The van der Waals surface area contributed by atoms with Gasteiger partial charge in [-0.15, -0.1) is 0 Å². The SMILES string of the molecule is Cc1ccc(Cl)cc1Nc1cc(-c2cccnc2)nc(NC(C)C)n1. The number of halogens is 1. The van der Waals surface area contributed by atoms with Gasteiger partial charge >= 0.3 is 0 Å². The van der Waals surface area contributed by atoms with Gasteiger partial charge in [-0.2, -0.15) is 4.98 Å². The van der Waals surface area contributed by atoms with Crippen LogP contribution in [0.1, 0.15) is 19.4 Å². The lowest BCUT2D eigenvalue weighted by Gasteiger charge is -2.14. The predicted molar refractivity (Wildman–Crippen MR) is 103 cm³/mol. The van der Waals surface area contributed by atoms with Crippen LogP contribution in [0.4, 0.5) is 17.5 Å². The van der Waals surface area contributed by atoms with Crippen LogP contribution in [0.3, 0.4) is 0 Å². The molecule has 0 fully saturated rings. The Morgan fingerprint density at radius 2 is 1.92 bits per heavy atom. The van der Waals surface area contributed by atoms with Crippen molar-refractivity contribution in [2.75, 3.05) is 10.6 Å². The first-order valence-electron chi connectivity index (χ1n) is 8.10. The maximum absolute atomic E-state index is 6.12. The number of nitrogens with zero attached hydrogens (tertiary/aromatic N) is 3. The molecule has 1 aromatic carbocycles. The average Bonchev–Trinajstić information content (AvgIpc) is 2.58. The lowest BCUT2D eigenvalue weighted by molar-refractivity contribution is 0.876. The molecule has 0 unspecified atom stereocenters. The summed E-state index contributed by atoms with van der Waals surface area (Å²) in [6, 6.07) is 11.7. The Labute approximate surface area is 152 Å². The minimum Gasteiger partial charge on any atom is -0.352 e. The molecule has 0 saturated heterocycles. The molecule has 2 aromatic heterocycles. The van der Waals surface area contributed by atoms with E-state index >= 15 is 0 Å². The van der Waals surface area contributed by atoms with Crippen LogP contribution in [0, 0.1) is 6.92 Å². The molecule has 3 aromatic rings. The number of benzene rings is 1. The Hall–Kier alpha value is -2.66. The first-order valence-corrected chi connectivity index (χ1v) is 8.48. The summed E-state index contributed by atoms with van der Waals surface area (Å²) in [7, 11) is 0. The summed E-state index contributed by atoms with van der Waals surface area (Å²) in [4.78, 5) is 13.3. The average molecular weight is 354 g/mol. The largest absolute Gasteiger partial charge is 0.352 e. The number of anilines is 3. The fourth-order valence-electron chi connectivity index (χ4n) is 2.36. The minimum atomic E-state index is 0.227. The van der Waals surface area contributed by atoms with Crippen molar-refractivity contribution in [2.45, 2.75) is 26.8 Å². The molecule has 0 aliphatic rings. The summed E-state index contributed by atoms with van der Waals surface area (Å²) in [5, 5.41) is 7.28. The van der Waals surface area contributed by atoms with E-state index in [-0.39, 0.29) is 6.04 Å². The molecule has 6 heteroatoms. The van der Waals surface area contributed by atoms with Crippen molar-refractivity contribution in [1.82, 2.24) is 15.0 Å². The van der Waals surface area contributed by atoms with Crippen LogP contribution in [-0.4, -0.2) is 21.0 Å². The van der Waals surface area contributed by atoms with Crippen molar-refractivity contribution in [1.29, 1.82) is 0 Å². The highest BCUT2D eigenvalue weighted by Gasteiger charge is 2.09. The molecule has 128 valence electrons. The van der Waals surface area contributed by atoms with Crippen LogP contribution < -0.4 is 10.6 Å². The van der Waals surface area contributed by atoms with Gasteiger partial charge in [0, 0.05) is 40.8 Å². The second-order valence-electron chi connectivity index (χ2n) is 6.09. The third-order valence-electron chi connectivity index (χ3n) is 3.56. The molecule has 0 aliphatic heterocycles. The van der Waals surface area contributed by atoms with Gasteiger partial charge in [0.25, 0.3) is 0 Å². The molecule has 0 aliphatic carbocycles. The van der Waals surface area contributed by atoms with E-state index in [2.05, 4.69) is 25.6 Å². The monoisotopic (exact) mass is 353 g/mol. The van der Waals surface area contributed by atoms with Crippen molar-refractivity contribution in [3.05, 3.63) is 59.4 Å². The highest BCUT2D eigenvalue weighted by Crippen LogP contribution is 2.26. The fourth-order valence-corrected chi connectivity index (χ4v) is 2.54. The van der Waals surface area contributed by atoms with Crippen molar-refractivity contribution in [2.24, 2.45) is 0 Å². The van der Waals surface area contributed by atoms with Gasteiger partial charge in [0.05, 0.1) is 5.69 Å². The number of hydrogen-bond donors (Lipinski definition) is 2. The Kier molecular flexibility index (Phi) is 5.14. The maximum Gasteiger partial charge on any atom is 0.225 e. The number of pyridine rings is 1. The number of hydrogen-bond acceptors (Lipinski definition) is 5. The van der Waals surface area contributed by atoms with Gasteiger partial charge in [0.15, 0.2) is 0 Å². The normalized spacial score (nSPS) is 10.8. The van der Waals surface area contributed by atoms with Gasteiger partial charge in [-0.05, 0) is 50.6 Å². The van der Waals surface area contributed by atoms with E-state index in [1.54, 1.807) is 12.4 Å². The highest BCUT2D eigenvalue weighted by atomic mass is 35.5. The van der Waals surface area contributed by atoms with E-state index in [0.29, 0.717) is 16.8 Å². The Morgan fingerprint density at radius 3 is 2.64 bits per heavy atom. The van der Waals surface area contributed by atoms with Crippen LogP contribution in [0.15, 0.2) is 48.8 Å². The van der Waals surface area contributed by atoms with E-state index < -0.39 is 0 Å². The molecule has 0 saturated carbocycles. The molecular formula is C19H20ClN5. The molecule has 2 N–H and O–H groups in total. The van der Waals surface area contributed by atoms with Crippen molar-refractivity contribution >= 4 is 29.1 Å². The van der Waals surface area contributed by atoms with Gasteiger partial charge < -0.3 is 10.6 Å². The maximum atomic E-state index is 6.12. The first-order chi connectivity index (χ1) is 12.0. The number of aromatic nitrogens is 3. The Morgan fingerprint density at radius 1 is 1.08 bits per heavy atom. The van der Waals surface area contributed by atoms with Gasteiger partial charge in [-0.25, -0.2) is 4.98 Å². The van der Waals surface area contributed by atoms with Crippen molar-refractivity contribution < 1.29 is 0 Å². The molecule has 0 radical (unpaired) electrons. The minimum absolute atomic E-state index is 0.227. The third-order valence-corrected chi connectivity index (χ3v) is 3.80. The zero-order valence-electron chi connectivity index (χ0n) is 14.4. The summed E-state index contributed by atoms with van der Waals surface area (Å²) in [5.74, 6) is 1.26. The second kappa shape index (κ2) is 7.49. The van der Waals surface area contributed by atoms with E-state index in [4.69, 9.17) is 11.6 Å². The molecule has 3 rings (SSSR count). The molecule has 25 heavy (non-hydrogen) atoms. The molecule has 0 spiro atoms. The summed E-state index contributed by atoms with van der Waals surface area (Å²) in [6.45, 7) is 6.12. The molecule has 0 bridgehead atoms. The second-order valence-corrected chi connectivity index (χ2v) is 6.52. The standard InChI is InChI=1S/C19H20ClN5/c1-12(2)22-19-24-17(14-5-4-8-21-11-14)10-18(25-19)23-16-9-15(20)7-6-13(16)3/h4-12H,1-3H3,(H2,22,23,24,25). The van der Waals surface area contributed by atoms with Crippen LogP contribution >= 0.6 is 11.6 Å². The first kappa shape index (κ1) is 17.2. The summed E-state index contributed by atoms with van der Waals surface area (Å²) in [6.07, 6.45) is 3.53. The zero-order valence-corrected chi connectivity index (χ0v) is 15.2. The quantitative estimate of drug-likeness (QED) is 0.671. The van der Waals surface area contributed by atoms with Crippen LogP contribution in [-0.2, 0) is 0 Å². The molecule has 0 amide bonds. The number of nitrogens with one attached hydrogen (secondary N) is 2. The Balaban J connectivity index is 2.01. The van der Waals surface area contributed by atoms with Crippen LogP contribution in [0.25, 0.3) is 11.3 Å². The molecule has 2 heterocycles. The lowest BCUT2D eigenvalue weighted by atomic mass is 10.2. The predicted octanol–water partition coefficient (Wildman–Crippen LogP) is 5.06. The number of aryl methyl sites for hydroxylation is 1. The topological polar surface area (TPSA) is 62.7 Å². The molecular weight excluding hydrogens is 334 g/mol. The van der Waals surface area contributed by atoms with Gasteiger partial charge in [-0.1, -0.05) is 17.7 Å². The smallest absolute Gasteiger partial charge is 0.225 e. The van der Waals surface area contributed by atoms with E-state index in [1.165, 1.54) is 0 Å². The third kappa shape index (κ3) is 4.45. The highest BCUT2D eigenvalue weighted by molar-refractivity contribution is 6.30. The van der Waals surface area contributed by atoms with Crippen molar-refractivity contribution in [3.63, 3.8) is 0 Å². The van der Waals surface area contributed by atoms with Crippen molar-refractivity contribution in [3.8, 4) is 11.3 Å². The summed E-state index contributed by atoms with van der Waals surface area (Å²) >= 11 is 6.12. The van der Waals surface area contributed by atoms with Crippen LogP contribution in [0.2, 0.25) is 5.02 Å². The zero-order chi connectivity index (χ0) is 17.8. The van der Waals surface area contributed by atoms with Crippen LogP contribution in [0.5, 0.6) is 0 Å². The van der Waals surface area contributed by atoms with E-state index in [9.17, 15) is 0 Å². The Bertz CT molecular complexity index is 865. The fraction of sp³-hybridized carbons (Fsp3) is 0.211. The molecule has 0 atom stereocenters. The van der Waals surface area contributed by atoms with E-state index in [1.807, 2.05) is 57.2 Å². The van der Waals surface area contributed by atoms with Gasteiger partial charge in [0.2, 0.25) is 5.95 Å². The van der Waals surface area contributed by atoms with Gasteiger partial charge in [0.1, 0.15) is 5.82 Å². The van der Waals surface area contributed by atoms with E-state index in [0.717, 1.165) is 22.5 Å².